The van der Waals surface area contributed by atoms with E-state index in [9.17, 15) is 0 Å². The zero-order valence-electron chi connectivity index (χ0n) is 10.7. The second-order valence-electron chi connectivity index (χ2n) is 3.58. The van der Waals surface area contributed by atoms with Crippen LogP contribution in [0, 0.1) is 6.92 Å². The van der Waals surface area contributed by atoms with E-state index in [1.165, 1.54) is 12.7 Å². The molecule has 0 unspecified atom stereocenters. The molecule has 0 N–H and O–H groups in total. The van der Waals surface area contributed by atoms with Gasteiger partial charge in [-0.1, -0.05) is 40.1 Å². The molecule has 0 aliphatic carbocycles. The summed E-state index contributed by atoms with van der Waals surface area (Å²) in [6.45, 7) is 6.29. The van der Waals surface area contributed by atoms with Gasteiger partial charge in [-0.15, -0.1) is 0 Å². The summed E-state index contributed by atoms with van der Waals surface area (Å²) in [5, 5.41) is 7.95. The van der Waals surface area contributed by atoms with Gasteiger partial charge in [0.1, 0.15) is 25.1 Å². The first-order chi connectivity index (χ1) is 8.19. The molecule has 0 amide bonds. The fraction of sp³-hybridized carbons (Fsp3) is 0.385. The van der Waals surface area contributed by atoms with E-state index in [0.717, 1.165) is 5.56 Å². The number of aryl methyl sites for hydroxylation is 1. The molecule has 1 aromatic rings. The molecule has 1 rings (SSSR count). The molecule has 0 spiro atoms. The van der Waals surface area contributed by atoms with Gasteiger partial charge in [-0.05, 0) is 20.8 Å². The Morgan fingerprint density at radius 2 is 1.82 bits per heavy atom. The third-order valence-electron chi connectivity index (χ3n) is 2.18. The fourth-order valence-corrected chi connectivity index (χ4v) is 1.35. The summed E-state index contributed by atoms with van der Waals surface area (Å²) in [5.74, 6) is 0. The average Bonchev–Trinajstić information content (AvgIpc) is 2.32. The smallest absolute Gasteiger partial charge is 0.134 e. The van der Waals surface area contributed by atoms with Crippen LogP contribution in [0.5, 0.6) is 0 Å². The van der Waals surface area contributed by atoms with Crippen molar-refractivity contribution in [3.63, 3.8) is 0 Å². The van der Waals surface area contributed by atoms with Crippen LogP contribution >= 0.6 is 0 Å². The topological polar surface area (TPSA) is 43.2 Å². The summed E-state index contributed by atoms with van der Waals surface area (Å²) in [6.07, 6.45) is 0. The predicted octanol–water partition coefficient (Wildman–Crippen LogP) is 2.76. The molecule has 0 aromatic heterocycles. The summed E-state index contributed by atoms with van der Waals surface area (Å²) in [5.41, 5.74) is 3.53. The highest BCUT2D eigenvalue weighted by Crippen LogP contribution is 2.07. The third kappa shape index (κ3) is 3.90. The van der Waals surface area contributed by atoms with Crippen LogP contribution in [0.2, 0.25) is 0 Å². The van der Waals surface area contributed by atoms with Gasteiger partial charge in [-0.25, -0.2) is 0 Å². The maximum atomic E-state index is 5.10. The zero-order valence-corrected chi connectivity index (χ0v) is 10.7. The van der Waals surface area contributed by atoms with Crippen LogP contribution in [0.3, 0.4) is 0 Å². The molecule has 0 heterocycles. The average molecular weight is 234 g/mol. The van der Waals surface area contributed by atoms with Crippen molar-refractivity contribution in [2.45, 2.75) is 20.8 Å². The fourth-order valence-electron chi connectivity index (χ4n) is 1.35. The molecule has 0 radical (unpaired) electrons. The van der Waals surface area contributed by atoms with Crippen molar-refractivity contribution in [2.75, 3.05) is 13.7 Å². The van der Waals surface area contributed by atoms with Gasteiger partial charge in [0.25, 0.3) is 0 Å². The van der Waals surface area contributed by atoms with Gasteiger partial charge in [0.15, 0.2) is 0 Å². The highest BCUT2D eigenvalue weighted by molar-refractivity contribution is 6.47. The number of rotatable bonds is 5. The van der Waals surface area contributed by atoms with Crippen LogP contribution in [-0.2, 0) is 9.68 Å². The van der Waals surface area contributed by atoms with Crippen LogP contribution in [0.1, 0.15) is 25.0 Å². The largest absolute Gasteiger partial charge is 0.399 e. The van der Waals surface area contributed by atoms with E-state index < -0.39 is 0 Å². The maximum Gasteiger partial charge on any atom is 0.134 e. The summed E-state index contributed by atoms with van der Waals surface area (Å²) in [7, 11) is 1.51. The van der Waals surface area contributed by atoms with E-state index in [1.54, 1.807) is 0 Å². The number of hydrogen-bond donors (Lipinski definition) is 0. The first kappa shape index (κ1) is 13.2. The lowest BCUT2D eigenvalue weighted by Crippen LogP contribution is -2.13. The van der Waals surface area contributed by atoms with Gasteiger partial charge in [0.2, 0.25) is 0 Å². The van der Waals surface area contributed by atoms with Crippen molar-refractivity contribution in [1.82, 2.24) is 0 Å². The Morgan fingerprint density at radius 1 is 1.18 bits per heavy atom. The minimum absolute atomic E-state index is 0.523. The molecule has 0 saturated carbocycles. The van der Waals surface area contributed by atoms with Crippen molar-refractivity contribution < 1.29 is 9.68 Å². The number of benzene rings is 1. The van der Waals surface area contributed by atoms with Gasteiger partial charge < -0.3 is 9.68 Å². The highest BCUT2D eigenvalue weighted by atomic mass is 16.6. The van der Waals surface area contributed by atoms with Gasteiger partial charge in [-0.2, -0.15) is 0 Å². The SMILES string of the molecule is CCON=C(C(C)=NOC)c1ccc(C)cc1. The lowest BCUT2D eigenvalue weighted by molar-refractivity contribution is 0.159. The Balaban J connectivity index is 3.06. The molecule has 17 heavy (non-hydrogen) atoms. The van der Waals surface area contributed by atoms with E-state index in [4.69, 9.17) is 9.68 Å². The molecule has 0 bridgehead atoms. The van der Waals surface area contributed by atoms with Crippen molar-refractivity contribution in [3.05, 3.63) is 35.4 Å². The molecule has 4 nitrogen and oxygen atoms in total. The first-order valence-electron chi connectivity index (χ1n) is 5.54. The minimum atomic E-state index is 0.523. The summed E-state index contributed by atoms with van der Waals surface area (Å²) < 4.78 is 0. The maximum absolute atomic E-state index is 5.10. The monoisotopic (exact) mass is 234 g/mol. The Labute approximate surface area is 102 Å². The summed E-state index contributed by atoms with van der Waals surface area (Å²) in [4.78, 5) is 9.86. The molecule has 4 heteroatoms. The molecule has 0 fully saturated rings. The van der Waals surface area contributed by atoms with Gasteiger partial charge in [-0.3, -0.25) is 0 Å². The normalized spacial score (nSPS) is 12.5. The van der Waals surface area contributed by atoms with Crippen molar-refractivity contribution in [2.24, 2.45) is 10.3 Å². The molecular weight excluding hydrogens is 216 g/mol. The second-order valence-corrected chi connectivity index (χ2v) is 3.58. The number of oxime groups is 2. The van der Waals surface area contributed by atoms with Crippen molar-refractivity contribution >= 4 is 11.4 Å². The number of hydrogen-bond acceptors (Lipinski definition) is 4. The molecule has 1 aromatic carbocycles. The van der Waals surface area contributed by atoms with Gasteiger partial charge >= 0.3 is 0 Å². The Hall–Kier alpha value is -1.84. The zero-order chi connectivity index (χ0) is 12.7. The molecule has 0 saturated heterocycles. The van der Waals surface area contributed by atoms with Crippen LogP contribution in [-0.4, -0.2) is 25.1 Å². The lowest BCUT2D eigenvalue weighted by atomic mass is 10.1. The quantitative estimate of drug-likeness (QED) is 0.580. The van der Waals surface area contributed by atoms with E-state index in [-0.39, 0.29) is 0 Å². The van der Waals surface area contributed by atoms with Crippen LogP contribution in [0.15, 0.2) is 34.6 Å². The van der Waals surface area contributed by atoms with E-state index in [2.05, 4.69) is 10.3 Å². The van der Waals surface area contributed by atoms with Gasteiger partial charge in [0, 0.05) is 5.56 Å². The van der Waals surface area contributed by atoms with Crippen LogP contribution in [0.25, 0.3) is 0 Å². The van der Waals surface area contributed by atoms with E-state index in [0.29, 0.717) is 18.0 Å². The van der Waals surface area contributed by atoms with E-state index in [1.807, 2.05) is 45.0 Å². The third-order valence-corrected chi connectivity index (χ3v) is 2.18. The van der Waals surface area contributed by atoms with E-state index >= 15 is 0 Å². The first-order valence-corrected chi connectivity index (χ1v) is 5.54. The Kier molecular flexibility index (Phi) is 5.20. The molecular formula is C13H18N2O2. The molecule has 0 aliphatic heterocycles. The van der Waals surface area contributed by atoms with Crippen LogP contribution in [0.4, 0.5) is 0 Å². The Morgan fingerprint density at radius 3 is 2.35 bits per heavy atom. The molecule has 92 valence electrons. The van der Waals surface area contributed by atoms with Crippen molar-refractivity contribution in [3.8, 4) is 0 Å². The van der Waals surface area contributed by atoms with Crippen LogP contribution < -0.4 is 0 Å². The lowest BCUT2D eigenvalue weighted by Gasteiger charge is -2.06. The predicted molar refractivity (Wildman–Crippen MR) is 69.5 cm³/mol. The Bertz CT molecular complexity index is 408. The standard InChI is InChI=1S/C13H18N2O2/c1-5-17-15-13(11(3)14-16-4)12-8-6-10(2)7-9-12/h6-9H,5H2,1-4H3. The summed E-state index contributed by atoms with van der Waals surface area (Å²) >= 11 is 0. The van der Waals surface area contributed by atoms with Crippen molar-refractivity contribution in [1.29, 1.82) is 0 Å². The highest BCUT2D eigenvalue weighted by Gasteiger charge is 2.09. The minimum Gasteiger partial charge on any atom is -0.399 e. The summed E-state index contributed by atoms with van der Waals surface area (Å²) in [6, 6.07) is 8.03. The molecule has 0 aliphatic rings. The van der Waals surface area contributed by atoms with Gasteiger partial charge in [0.05, 0.1) is 0 Å². The second kappa shape index (κ2) is 6.68. The molecule has 0 atom stereocenters. The number of nitrogens with zero attached hydrogens (tertiary/aromatic N) is 2.